The van der Waals surface area contributed by atoms with E-state index in [1.807, 2.05) is 61.5 Å². The highest BCUT2D eigenvalue weighted by Crippen LogP contribution is 2.42. The molecule has 0 spiro atoms. The van der Waals surface area contributed by atoms with Crippen molar-refractivity contribution in [2.75, 3.05) is 10.8 Å². The molecule has 2 aliphatic rings. The lowest BCUT2D eigenvalue weighted by molar-refractivity contribution is -0.141. The second-order valence-corrected chi connectivity index (χ2v) is 12.4. The van der Waals surface area contributed by atoms with E-state index in [1.165, 1.54) is 10.7 Å². The fraction of sp³-hybridized carbons (Fsp3) is 0.419. The number of benzene rings is 3. The zero-order valence-electron chi connectivity index (χ0n) is 22.5. The Hall–Kier alpha value is -3.39. The van der Waals surface area contributed by atoms with Crippen molar-refractivity contribution in [3.05, 3.63) is 72.3 Å². The number of nitrogens with zero attached hydrogens (tertiary/aromatic N) is 2. The number of hydrogen-bond acceptors (Lipinski definition) is 4. The van der Waals surface area contributed by atoms with Gasteiger partial charge in [-0.1, -0.05) is 80.8 Å². The van der Waals surface area contributed by atoms with Crippen LogP contribution in [0.3, 0.4) is 0 Å². The minimum absolute atomic E-state index is 0.0991. The molecule has 1 atom stereocenters. The molecular weight excluding hydrogens is 510 g/mol. The Morgan fingerprint density at radius 3 is 2.41 bits per heavy atom. The van der Waals surface area contributed by atoms with Crippen LogP contribution in [-0.2, 0) is 26.2 Å². The summed E-state index contributed by atoms with van der Waals surface area (Å²) in [6.07, 6.45) is 6.41. The first-order valence-corrected chi connectivity index (χ1v) is 15.5. The third kappa shape index (κ3) is 5.66. The maximum Gasteiger partial charge on any atom is 0.265 e. The predicted octanol–water partition coefficient (Wildman–Crippen LogP) is 5.39. The molecule has 0 unspecified atom stereocenters. The standard InChI is InChI=1S/C31H37N3O4S/c1-2-26(31(36)32-25-16-7-4-8-17-25)33(22-23-12-5-3-6-13-23)29(35)20-11-21-34-27-18-9-14-24-15-10-19-28(30(24)27)39(34,37)38/h3,5-6,9-10,12-15,18-19,25-26H,2,4,7-8,11,16-17,20-22H2,1H3,(H,32,36)/t26-/m0/s1. The number of sulfonamides is 1. The highest BCUT2D eigenvalue weighted by Gasteiger charge is 2.36. The van der Waals surface area contributed by atoms with Gasteiger partial charge >= 0.3 is 0 Å². The Morgan fingerprint density at radius 2 is 1.69 bits per heavy atom. The fourth-order valence-corrected chi connectivity index (χ4v) is 7.71. The molecule has 0 aromatic heterocycles. The molecule has 1 aliphatic heterocycles. The summed E-state index contributed by atoms with van der Waals surface area (Å²) in [6.45, 7) is 2.47. The summed E-state index contributed by atoms with van der Waals surface area (Å²) in [5.74, 6) is -0.241. The van der Waals surface area contributed by atoms with Crippen LogP contribution in [0.4, 0.5) is 5.69 Å². The van der Waals surface area contributed by atoms with Crippen molar-refractivity contribution in [3.8, 4) is 0 Å². The van der Waals surface area contributed by atoms with E-state index >= 15 is 0 Å². The summed E-state index contributed by atoms with van der Waals surface area (Å²) >= 11 is 0. The predicted molar refractivity (Wildman–Crippen MR) is 154 cm³/mol. The topological polar surface area (TPSA) is 86.8 Å². The van der Waals surface area contributed by atoms with E-state index in [1.54, 1.807) is 17.0 Å². The molecule has 7 nitrogen and oxygen atoms in total. The molecule has 3 aromatic carbocycles. The van der Waals surface area contributed by atoms with Gasteiger partial charge in [-0.15, -0.1) is 0 Å². The minimum Gasteiger partial charge on any atom is -0.352 e. The molecule has 5 rings (SSSR count). The fourth-order valence-electron chi connectivity index (χ4n) is 5.96. The van der Waals surface area contributed by atoms with Gasteiger partial charge in [-0.25, -0.2) is 8.42 Å². The number of rotatable bonds is 10. The minimum atomic E-state index is -3.67. The maximum absolute atomic E-state index is 13.7. The summed E-state index contributed by atoms with van der Waals surface area (Å²) in [6, 6.07) is 20.2. The van der Waals surface area contributed by atoms with E-state index in [0.717, 1.165) is 42.0 Å². The Labute approximate surface area is 231 Å². The lowest BCUT2D eigenvalue weighted by atomic mass is 9.95. The Kier molecular flexibility index (Phi) is 8.21. The van der Waals surface area contributed by atoms with Gasteiger partial charge in [-0.2, -0.15) is 0 Å². The monoisotopic (exact) mass is 547 g/mol. The van der Waals surface area contributed by atoms with Gasteiger partial charge in [0.05, 0.1) is 10.6 Å². The lowest BCUT2D eigenvalue weighted by Gasteiger charge is -2.33. The summed E-state index contributed by atoms with van der Waals surface area (Å²) < 4.78 is 28.1. The van der Waals surface area contributed by atoms with Gasteiger partial charge in [0.1, 0.15) is 6.04 Å². The number of carbonyl (C=O) groups excluding carboxylic acids is 2. The normalized spacial score (nSPS) is 17.2. The molecule has 39 heavy (non-hydrogen) atoms. The largest absolute Gasteiger partial charge is 0.352 e. The number of carbonyl (C=O) groups is 2. The zero-order valence-corrected chi connectivity index (χ0v) is 23.3. The van der Waals surface area contributed by atoms with Crippen LogP contribution in [0.5, 0.6) is 0 Å². The van der Waals surface area contributed by atoms with Crippen molar-refractivity contribution in [2.45, 2.75) is 81.8 Å². The molecule has 1 N–H and O–H groups in total. The molecule has 3 aromatic rings. The van der Waals surface area contributed by atoms with Crippen molar-refractivity contribution in [3.63, 3.8) is 0 Å². The quantitative estimate of drug-likeness (QED) is 0.369. The molecule has 0 radical (unpaired) electrons. The smallest absolute Gasteiger partial charge is 0.265 e. The third-order valence-electron chi connectivity index (χ3n) is 7.97. The van der Waals surface area contributed by atoms with Crippen LogP contribution in [0.1, 0.15) is 63.9 Å². The van der Waals surface area contributed by atoms with Crippen molar-refractivity contribution in [1.82, 2.24) is 10.2 Å². The number of amides is 2. The molecular formula is C31H37N3O4S. The number of anilines is 1. The Bertz CT molecular complexity index is 1430. The van der Waals surface area contributed by atoms with Crippen molar-refractivity contribution in [2.24, 2.45) is 0 Å². The molecule has 1 aliphatic carbocycles. The average Bonchev–Trinajstić information content (AvgIpc) is 3.17. The first-order valence-electron chi connectivity index (χ1n) is 14.1. The highest BCUT2D eigenvalue weighted by atomic mass is 32.2. The van der Waals surface area contributed by atoms with Crippen LogP contribution < -0.4 is 9.62 Å². The summed E-state index contributed by atoms with van der Waals surface area (Å²) in [5.41, 5.74) is 1.62. The first kappa shape index (κ1) is 27.2. The van der Waals surface area contributed by atoms with E-state index in [2.05, 4.69) is 5.32 Å². The lowest BCUT2D eigenvalue weighted by Crippen LogP contribution is -2.51. The summed E-state index contributed by atoms with van der Waals surface area (Å²) in [7, 11) is -3.67. The second kappa shape index (κ2) is 11.8. The van der Waals surface area contributed by atoms with Crippen LogP contribution in [0.15, 0.2) is 71.6 Å². The van der Waals surface area contributed by atoms with E-state index in [9.17, 15) is 18.0 Å². The third-order valence-corrected chi connectivity index (χ3v) is 9.82. The Balaban J connectivity index is 1.30. The molecule has 8 heteroatoms. The van der Waals surface area contributed by atoms with Gasteiger partial charge in [-0.3, -0.25) is 13.9 Å². The van der Waals surface area contributed by atoms with Crippen molar-refractivity contribution < 1.29 is 18.0 Å². The first-order chi connectivity index (χ1) is 18.9. The molecule has 1 fully saturated rings. The average molecular weight is 548 g/mol. The molecule has 206 valence electrons. The van der Waals surface area contributed by atoms with Gasteiger partial charge in [0.15, 0.2) is 0 Å². The summed E-state index contributed by atoms with van der Waals surface area (Å²) in [5, 5.41) is 4.83. The van der Waals surface area contributed by atoms with Gasteiger partial charge < -0.3 is 10.2 Å². The number of nitrogens with one attached hydrogen (secondary N) is 1. The van der Waals surface area contributed by atoms with Crippen molar-refractivity contribution >= 4 is 38.3 Å². The summed E-state index contributed by atoms with van der Waals surface area (Å²) in [4.78, 5) is 29.1. The van der Waals surface area contributed by atoms with Gasteiger partial charge in [0, 0.05) is 30.9 Å². The van der Waals surface area contributed by atoms with Crippen LogP contribution >= 0.6 is 0 Å². The maximum atomic E-state index is 13.7. The number of hydrogen-bond donors (Lipinski definition) is 1. The Morgan fingerprint density at radius 1 is 0.974 bits per heavy atom. The molecule has 1 saturated carbocycles. The van der Waals surface area contributed by atoms with E-state index < -0.39 is 16.1 Å². The molecule has 0 bridgehead atoms. The van der Waals surface area contributed by atoms with Gasteiger partial charge in [-0.05, 0) is 48.8 Å². The zero-order chi connectivity index (χ0) is 27.4. The van der Waals surface area contributed by atoms with Crippen LogP contribution in [0.2, 0.25) is 0 Å². The van der Waals surface area contributed by atoms with E-state index in [4.69, 9.17) is 0 Å². The highest BCUT2D eigenvalue weighted by molar-refractivity contribution is 7.93. The van der Waals surface area contributed by atoms with Crippen LogP contribution in [-0.4, -0.2) is 43.8 Å². The van der Waals surface area contributed by atoms with Crippen LogP contribution in [0.25, 0.3) is 10.8 Å². The molecule has 1 heterocycles. The van der Waals surface area contributed by atoms with E-state index in [0.29, 0.717) is 30.0 Å². The molecule has 0 saturated heterocycles. The van der Waals surface area contributed by atoms with Crippen molar-refractivity contribution in [1.29, 1.82) is 0 Å². The second-order valence-electron chi connectivity index (χ2n) is 10.6. The van der Waals surface area contributed by atoms with Gasteiger partial charge in [0.2, 0.25) is 11.8 Å². The van der Waals surface area contributed by atoms with Crippen LogP contribution in [0, 0.1) is 0 Å². The van der Waals surface area contributed by atoms with Gasteiger partial charge in [0.25, 0.3) is 10.0 Å². The van der Waals surface area contributed by atoms with E-state index in [-0.39, 0.29) is 30.8 Å². The SMILES string of the molecule is CC[C@@H](C(=O)NC1CCCCC1)N(Cc1ccccc1)C(=O)CCCN1c2cccc3cccc(c23)S1(=O)=O. The molecule has 2 amide bonds.